The molecule has 1 aliphatic heterocycles. The molecular weight excluding hydrogens is 278 g/mol. The van der Waals surface area contributed by atoms with Crippen LogP contribution in [0.5, 0.6) is 0 Å². The van der Waals surface area contributed by atoms with E-state index in [2.05, 4.69) is 5.43 Å². The Morgan fingerprint density at radius 3 is 2.38 bits per heavy atom. The number of hydrogen-bond acceptors (Lipinski definition) is 4. The van der Waals surface area contributed by atoms with Crippen LogP contribution in [-0.4, -0.2) is 50.2 Å². The SMILES string of the molecule is CC1CN(NC(=O)C(Cl)(Cl)Cl)CC(O)C1O. The molecule has 8 heteroatoms. The number of aliphatic hydroxyl groups excluding tert-OH is 2. The molecule has 1 aliphatic rings. The molecule has 0 radical (unpaired) electrons. The first-order valence-electron chi connectivity index (χ1n) is 4.70. The molecule has 16 heavy (non-hydrogen) atoms. The monoisotopic (exact) mass is 290 g/mol. The third-order valence-corrected chi connectivity index (χ3v) is 2.93. The Morgan fingerprint density at radius 2 is 1.94 bits per heavy atom. The lowest BCUT2D eigenvalue weighted by molar-refractivity contribution is -0.131. The van der Waals surface area contributed by atoms with Gasteiger partial charge in [-0.15, -0.1) is 0 Å². The Bertz CT molecular complexity index is 260. The van der Waals surface area contributed by atoms with E-state index in [0.717, 1.165) is 0 Å². The molecule has 0 bridgehead atoms. The van der Waals surface area contributed by atoms with Crippen LogP contribution in [0.25, 0.3) is 0 Å². The average Bonchev–Trinajstić information content (AvgIpc) is 2.12. The van der Waals surface area contributed by atoms with Crippen LogP contribution in [0.1, 0.15) is 6.92 Å². The first kappa shape index (κ1) is 14.3. The van der Waals surface area contributed by atoms with Gasteiger partial charge in [-0.2, -0.15) is 0 Å². The largest absolute Gasteiger partial charge is 0.390 e. The Hall–Kier alpha value is 0.220. The summed E-state index contributed by atoms with van der Waals surface area (Å²) in [6.07, 6.45) is -1.74. The van der Waals surface area contributed by atoms with Crippen LogP contribution in [0.2, 0.25) is 0 Å². The number of hydrogen-bond donors (Lipinski definition) is 3. The molecule has 1 rings (SSSR count). The van der Waals surface area contributed by atoms with E-state index in [1.54, 1.807) is 6.92 Å². The molecule has 1 fully saturated rings. The summed E-state index contributed by atoms with van der Waals surface area (Å²) in [5, 5.41) is 20.4. The van der Waals surface area contributed by atoms with Gasteiger partial charge in [0.15, 0.2) is 0 Å². The van der Waals surface area contributed by atoms with Crippen LogP contribution in [0, 0.1) is 5.92 Å². The summed E-state index contributed by atoms with van der Waals surface area (Å²) in [5.41, 5.74) is 2.37. The summed E-state index contributed by atoms with van der Waals surface area (Å²) >= 11 is 16.2. The van der Waals surface area contributed by atoms with Crippen molar-refractivity contribution in [3.05, 3.63) is 0 Å². The molecule has 0 aromatic heterocycles. The van der Waals surface area contributed by atoms with E-state index in [-0.39, 0.29) is 12.5 Å². The lowest BCUT2D eigenvalue weighted by atomic mass is 9.95. The van der Waals surface area contributed by atoms with E-state index in [1.807, 2.05) is 0 Å². The van der Waals surface area contributed by atoms with Crippen molar-refractivity contribution in [3.63, 3.8) is 0 Å². The number of carbonyl (C=O) groups excluding carboxylic acids is 1. The molecule has 94 valence electrons. The number of nitrogens with one attached hydrogen (secondary N) is 1. The fourth-order valence-electron chi connectivity index (χ4n) is 1.54. The average molecular weight is 292 g/mol. The Balaban J connectivity index is 2.54. The minimum absolute atomic E-state index is 0.0952. The summed E-state index contributed by atoms with van der Waals surface area (Å²) in [7, 11) is 0. The van der Waals surface area contributed by atoms with Gasteiger partial charge in [0.25, 0.3) is 9.70 Å². The topological polar surface area (TPSA) is 72.8 Å². The second-order valence-electron chi connectivity index (χ2n) is 3.88. The van der Waals surface area contributed by atoms with Gasteiger partial charge in [-0.25, -0.2) is 5.01 Å². The van der Waals surface area contributed by atoms with Crippen molar-refractivity contribution in [2.45, 2.75) is 22.9 Å². The molecule has 3 atom stereocenters. The maximum Gasteiger partial charge on any atom is 0.286 e. The number of alkyl halides is 3. The fourth-order valence-corrected chi connectivity index (χ4v) is 1.67. The molecule has 0 aliphatic carbocycles. The lowest BCUT2D eigenvalue weighted by Gasteiger charge is -2.38. The first-order chi connectivity index (χ1) is 7.21. The van der Waals surface area contributed by atoms with Crippen molar-refractivity contribution in [3.8, 4) is 0 Å². The lowest BCUT2D eigenvalue weighted by Crippen LogP contribution is -2.58. The number of amides is 1. The van der Waals surface area contributed by atoms with E-state index in [1.165, 1.54) is 5.01 Å². The van der Waals surface area contributed by atoms with E-state index >= 15 is 0 Å². The summed E-state index contributed by atoms with van der Waals surface area (Å²) < 4.78 is -2.04. The molecular formula is C8H13Cl3N2O3. The number of rotatable bonds is 1. The number of aliphatic hydroxyl groups is 2. The van der Waals surface area contributed by atoms with Crippen LogP contribution in [0.4, 0.5) is 0 Å². The van der Waals surface area contributed by atoms with Crippen molar-refractivity contribution in [1.29, 1.82) is 0 Å². The molecule has 0 aromatic carbocycles. The highest BCUT2D eigenvalue weighted by molar-refractivity contribution is 6.76. The third kappa shape index (κ3) is 3.61. The van der Waals surface area contributed by atoms with E-state index in [9.17, 15) is 15.0 Å². The summed E-state index contributed by atoms with van der Waals surface area (Å²) in [4.78, 5) is 11.3. The van der Waals surface area contributed by atoms with E-state index in [0.29, 0.717) is 6.54 Å². The van der Waals surface area contributed by atoms with Gasteiger partial charge in [-0.3, -0.25) is 10.2 Å². The zero-order chi connectivity index (χ0) is 12.5. The number of piperidine rings is 1. The molecule has 0 spiro atoms. The normalized spacial score (nSPS) is 32.5. The van der Waals surface area contributed by atoms with Gasteiger partial charge in [-0.1, -0.05) is 41.7 Å². The summed E-state index contributed by atoms with van der Waals surface area (Å²) in [6, 6.07) is 0. The highest BCUT2D eigenvalue weighted by atomic mass is 35.6. The van der Waals surface area contributed by atoms with E-state index in [4.69, 9.17) is 34.8 Å². The summed E-state index contributed by atoms with van der Waals surface area (Å²) in [6.45, 7) is 2.23. The Labute approximate surface area is 108 Å². The van der Waals surface area contributed by atoms with Gasteiger partial charge in [0, 0.05) is 13.1 Å². The van der Waals surface area contributed by atoms with Crippen LogP contribution in [0.15, 0.2) is 0 Å². The fraction of sp³-hybridized carbons (Fsp3) is 0.875. The number of halogens is 3. The smallest absolute Gasteiger partial charge is 0.286 e. The minimum atomic E-state index is -2.04. The van der Waals surface area contributed by atoms with Crippen LogP contribution < -0.4 is 5.43 Å². The molecule has 3 unspecified atom stereocenters. The van der Waals surface area contributed by atoms with Gasteiger partial charge in [-0.05, 0) is 5.92 Å². The zero-order valence-corrected chi connectivity index (χ0v) is 10.8. The van der Waals surface area contributed by atoms with Crippen molar-refractivity contribution in [1.82, 2.24) is 10.4 Å². The second kappa shape index (κ2) is 5.25. The van der Waals surface area contributed by atoms with Gasteiger partial charge >= 0.3 is 0 Å². The number of carbonyl (C=O) groups is 1. The molecule has 0 aromatic rings. The predicted molar refractivity (Wildman–Crippen MR) is 61.2 cm³/mol. The first-order valence-corrected chi connectivity index (χ1v) is 5.84. The Morgan fingerprint density at radius 1 is 1.38 bits per heavy atom. The Kier molecular flexibility index (Phi) is 4.68. The number of β-amino-alcohol motifs (C(OH)–C–C–N with tert-alkyl or cyclic N) is 1. The van der Waals surface area contributed by atoms with Crippen molar-refractivity contribution < 1.29 is 15.0 Å². The molecule has 5 nitrogen and oxygen atoms in total. The van der Waals surface area contributed by atoms with Crippen LogP contribution >= 0.6 is 34.8 Å². The third-order valence-electron chi connectivity index (χ3n) is 2.41. The van der Waals surface area contributed by atoms with Crippen LogP contribution in [-0.2, 0) is 4.79 Å². The molecule has 1 heterocycles. The highest BCUT2D eigenvalue weighted by Crippen LogP contribution is 2.26. The molecule has 3 N–H and O–H groups in total. The predicted octanol–water partition coefficient (Wildman–Crippen LogP) is 0.0613. The molecule has 1 amide bonds. The molecule has 1 saturated heterocycles. The quantitative estimate of drug-likeness (QED) is 0.598. The minimum Gasteiger partial charge on any atom is -0.390 e. The van der Waals surface area contributed by atoms with E-state index < -0.39 is 21.9 Å². The van der Waals surface area contributed by atoms with Crippen LogP contribution in [0.3, 0.4) is 0 Å². The van der Waals surface area contributed by atoms with Gasteiger partial charge in [0.1, 0.15) is 0 Å². The molecule has 0 saturated carbocycles. The zero-order valence-electron chi connectivity index (χ0n) is 8.53. The van der Waals surface area contributed by atoms with Gasteiger partial charge in [0.2, 0.25) is 0 Å². The number of nitrogens with zero attached hydrogens (tertiary/aromatic N) is 1. The van der Waals surface area contributed by atoms with Crippen molar-refractivity contribution in [2.24, 2.45) is 5.92 Å². The standard InChI is InChI=1S/C8H13Cl3N2O3/c1-4-2-13(3-5(14)6(4)15)12-7(16)8(9,10)11/h4-6,14-15H,2-3H2,1H3,(H,12,16). The second-order valence-corrected chi connectivity index (χ2v) is 6.16. The van der Waals surface area contributed by atoms with Gasteiger partial charge < -0.3 is 10.2 Å². The maximum atomic E-state index is 11.3. The maximum absolute atomic E-state index is 11.3. The number of hydrazine groups is 1. The van der Waals surface area contributed by atoms with Crippen molar-refractivity contribution in [2.75, 3.05) is 13.1 Å². The highest BCUT2D eigenvalue weighted by Gasteiger charge is 2.36. The van der Waals surface area contributed by atoms with Crippen molar-refractivity contribution >= 4 is 40.7 Å². The van der Waals surface area contributed by atoms with Gasteiger partial charge in [0.05, 0.1) is 12.2 Å². The summed E-state index contributed by atoms with van der Waals surface area (Å²) in [5.74, 6) is -0.965.